The Morgan fingerprint density at radius 3 is 1.78 bits per heavy atom. The van der Waals surface area contributed by atoms with Crippen molar-refractivity contribution < 1.29 is 70.4 Å². The number of aliphatic hydroxyl groups is 11. The molecule has 0 amide bonds. The molecular formula is C18H32O14. The first-order valence-corrected chi connectivity index (χ1v) is 10.0. The quantitative estimate of drug-likeness (QED) is 0.165. The van der Waals surface area contributed by atoms with Crippen LogP contribution in [-0.4, -0.2) is 154 Å². The summed E-state index contributed by atoms with van der Waals surface area (Å²) in [5, 5.41) is 111. The van der Waals surface area contributed by atoms with E-state index in [1.165, 1.54) is 13.8 Å². The number of hydrogen-bond donors (Lipinski definition) is 11. The Bertz CT molecular complexity index is 649. The average molecular weight is 472 g/mol. The van der Waals surface area contributed by atoms with Crippen molar-refractivity contribution in [1.82, 2.24) is 0 Å². The molecule has 2 fully saturated rings. The van der Waals surface area contributed by atoms with Gasteiger partial charge < -0.3 is 65.6 Å². The Balaban J connectivity index is 2.54. The first kappa shape index (κ1) is 27.4. The summed E-state index contributed by atoms with van der Waals surface area (Å²) in [6, 6.07) is 0. The fraction of sp³-hybridized carbons (Fsp3) is 0.944. The second-order valence-corrected chi connectivity index (χ2v) is 8.34. The normalized spacial score (nSPS) is 45.5. The van der Waals surface area contributed by atoms with Gasteiger partial charge in [-0.15, -0.1) is 0 Å². The number of carbonyl (C=O) groups excluding carboxylic acids is 1. The van der Waals surface area contributed by atoms with Crippen molar-refractivity contribution in [3.8, 4) is 0 Å². The van der Waals surface area contributed by atoms with Gasteiger partial charge in [-0.3, -0.25) is 4.79 Å². The van der Waals surface area contributed by atoms with E-state index in [0.717, 1.165) is 0 Å². The van der Waals surface area contributed by atoms with Gasteiger partial charge in [0.15, 0.2) is 5.60 Å². The maximum atomic E-state index is 13.3. The standard InChI is InChI=1S/C18H32O14/c1-4-7(21)10(24)12(26)14(31-4)16(29)18(30,15(28)9(23)6(20)3-19)17-13(27)11(25)8(22)5(2)32-17/h4-15,17,19-28,30H,3H2,1-2H3/t4-,5-,6+,7-,8-,9+,10+,11+,12+,13+,14?,15-,17?,18+/m0/s1. The molecule has 0 saturated carbocycles. The summed E-state index contributed by atoms with van der Waals surface area (Å²) in [7, 11) is 0. The molecule has 32 heavy (non-hydrogen) atoms. The monoisotopic (exact) mass is 472 g/mol. The van der Waals surface area contributed by atoms with Crippen LogP contribution in [0.2, 0.25) is 0 Å². The zero-order chi connectivity index (χ0) is 24.7. The molecule has 2 heterocycles. The maximum Gasteiger partial charge on any atom is 0.201 e. The molecule has 2 rings (SSSR count). The summed E-state index contributed by atoms with van der Waals surface area (Å²) in [6.45, 7) is 1.32. The van der Waals surface area contributed by atoms with Crippen LogP contribution in [0.4, 0.5) is 0 Å². The van der Waals surface area contributed by atoms with Crippen LogP contribution in [0.15, 0.2) is 0 Å². The number of aliphatic hydroxyl groups excluding tert-OH is 10. The van der Waals surface area contributed by atoms with Crippen LogP contribution in [0.3, 0.4) is 0 Å². The highest BCUT2D eigenvalue weighted by atomic mass is 16.6. The third-order valence-corrected chi connectivity index (χ3v) is 6.15. The fourth-order valence-electron chi connectivity index (χ4n) is 3.94. The number of ketones is 1. The van der Waals surface area contributed by atoms with Crippen LogP contribution in [0.25, 0.3) is 0 Å². The molecule has 0 aromatic heterocycles. The average Bonchev–Trinajstić information content (AvgIpc) is 2.78. The summed E-state index contributed by atoms with van der Waals surface area (Å²) in [4.78, 5) is 13.3. The molecular weight excluding hydrogens is 440 g/mol. The molecule has 2 aliphatic rings. The van der Waals surface area contributed by atoms with E-state index >= 15 is 0 Å². The molecule has 0 spiro atoms. The van der Waals surface area contributed by atoms with E-state index in [2.05, 4.69) is 0 Å². The molecule has 188 valence electrons. The van der Waals surface area contributed by atoms with Crippen LogP contribution in [0.1, 0.15) is 13.8 Å². The summed E-state index contributed by atoms with van der Waals surface area (Å²) in [5.74, 6) is -1.64. The third-order valence-electron chi connectivity index (χ3n) is 6.15. The minimum absolute atomic E-state index is 1.11. The van der Waals surface area contributed by atoms with E-state index in [1.54, 1.807) is 0 Å². The molecule has 14 nitrogen and oxygen atoms in total. The SMILES string of the molecule is C[C@@H]1OC(C(=O)[C@@](O)(C2O[C@@H](C)[C@H](O)[C@@H](O)[C@H]2O)[C@@H](O)[C@H](O)[C@H](O)CO)[C@H](O)[C@H](O)[C@H]1O. The zero-order valence-corrected chi connectivity index (χ0v) is 17.4. The highest BCUT2D eigenvalue weighted by Crippen LogP contribution is 2.36. The number of rotatable bonds is 7. The lowest BCUT2D eigenvalue weighted by atomic mass is 9.73. The molecule has 2 aliphatic heterocycles. The smallest absolute Gasteiger partial charge is 0.201 e. The summed E-state index contributed by atoms with van der Waals surface area (Å²) < 4.78 is 10.4. The van der Waals surface area contributed by atoms with Crippen LogP contribution >= 0.6 is 0 Å². The molecule has 14 heteroatoms. The van der Waals surface area contributed by atoms with Crippen molar-refractivity contribution in [2.24, 2.45) is 0 Å². The van der Waals surface area contributed by atoms with Gasteiger partial charge in [0, 0.05) is 0 Å². The van der Waals surface area contributed by atoms with Crippen molar-refractivity contribution in [3.05, 3.63) is 0 Å². The van der Waals surface area contributed by atoms with E-state index in [0.29, 0.717) is 0 Å². The Kier molecular flexibility index (Phi) is 8.72. The summed E-state index contributed by atoms with van der Waals surface area (Å²) in [5.41, 5.74) is -3.42. The molecule has 0 aromatic rings. The maximum absolute atomic E-state index is 13.3. The highest BCUT2D eigenvalue weighted by Gasteiger charge is 2.63. The number of hydrogen-bond acceptors (Lipinski definition) is 14. The minimum Gasteiger partial charge on any atom is -0.394 e. The van der Waals surface area contributed by atoms with Gasteiger partial charge in [0.25, 0.3) is 0 Å². The Labute approximate surface area is 182 Å². The zero-order valence-electron chi connectivity index (χ0n) is 17.4. The number of carbonyl (C=O) groups is 1. The Hall–Kier alpha value is -0.850. The van der Waals surface area contributed by atoms with Gasteiger partial charge >= 0.3 is 0 Å². The van der Waals surface area contributed by atoms with Gasteiger partial charge in [0.05, 0.1) is 18.8 Å². The molecule has 0 aromatic carbocycles. The van der Waals surface area contributed by atoms with Gasteiger partial charge in [-0.2, -0.15) is 0 Å². The lowest BCUT2D eigenvalue weighted by molar-refractivity contribution is -0.287. The van der Waals surface area contributed by atoms with E-state index in [1.807, 2.05) is 0 Å². The molecule has 0 radical (unpaired) electrons. The van der Waals surface area contributed by atoms with Crippen molar-refractivity contribution in [2.45, 2.75) is 98.8 Å². The van der Waals surface area contributed by atoms with Crippen LogP contribution in [0, 0.1) is 0 Å². The van der Waals surface area contributed by atoms with Gasteiger partial charge in [0.1, 0.15) is 67.1 Å². The van der Waals surface area contributed by atoms with Gasteiger partial charge in [-0.25, -0.2) is 0 Å². The first-order valence-electron chi connectivity index (χ1n) is 10.0. The van der Waals surface area contributed by atoms with Crippen LogP contribution in [0.5, 0.6) is 0 Å². The van der Waals surface area contributed by atoms with E-state index < -0.39 is 97.3 Å². The van der Waals surface area contributed by atoms with E-state index in [4.69, 9.17) is 14.6 Å². The predicted molar refractivity (Wildman–Crippen MR) is 99.8 cm³/mol. The second kappa shape index (κ2) is 10.2. The molecule has 2 saturated heterocycles. The fourth-order valence-corrected chi connectivity index (χ4v) is 3.94. The van der Waals surface area contributed by atoms with Crippen molar-refractivity contribution in [2.75, 3.05) is 6.61 Å². The molecule has 14 atom stereocenters. The third kappa shape index (κ3) is 4.56. The summed E-state index contributed by atoms with van der Waals surface area (Å²) in [6.07, 6.45) is -25.7. The van der Waals surface area contributed by atoms with Gasteiger partial charge in [-0.05, 0) is 13.8 Å². The number of Topliss-reactive ketones (excluding diaryl/α,β-unsaturated/α-hetero) is 1. The predicted octanol–water partition coefficient (Wildman–Crippen LogP) is -6.90. The van der Waals surface area contributed by atoms with Crippen molar-refractivity contribution in [1.29, 1.82) is 0 Å². The Morgan fingerprint density at radius 1 is 0.812 bits per heavy atom. The number of ether oxygens (including phenoxy) is 2. The first-order chi connectivity index (χ1) is 14.7. The van der Waals surface area contributed by atoms with Gasteiger partial charge in [0.2, 0.25) is 5.78 Å². The molecule has 11 N–H and O–H groups in total. The molecule has 0 aliphatic carbocycles. The summed E-state index contributed by atoms with van der Waals surface area (Å²) >= 11 is 0. The van der Waals surface area contributed by atoms with Crippen molar-refractivity contribution >= 4 is 5.78 Å². The van der Waals surface area contributed by atoms with Gasteiger partial charge in [-0.1, -0.05) is 0 Å². The Morgan fingerprint density at radius 2 is 1.28 bits per heavy atom. The minimum atomic E-state index is -3.42. The lowest BCUT2D eigenvalue weighted by Gasteiger charge is -2.50. The molecule has 2 unspecified atom stereocenters. The second-order valence-electron chi connectivity index (χ2n) is 8.34. The van der Waals surface area contributed by atoms with E-state index in [-0.39, 0.29) is 0 Å². The van der Waals surface area contributed by atoms with Crippen LogP contribution < -0.4 is 0 Å². The highest BCUT2D eigenvalue weighted by molar-refractivity contribution is 5.93. The van der Waals surface area contributed by atoms with E-state index in [9.17, 15) is 55.9 Å². The lowest BCUT2D eigenvalue weighted by Crippen LogP contribution is -2.75. The topological polar surface area (TPSA) is 258 Å². The van der Waals surface area contributed by atoms with Crippen LogP contribution in [-0.2, 0) is 14.3 Å². The van der Waals surface area contributed by atoms with Crippen molar-refractivity contribution in [3.63, 3.8) is 0 Å². The largest absolute Gasteiger partial charge is 0.394 e. The molecule has 0 bridgehead atoms.